The molecule has 0 aromatic heterocycles. The van der Waals surface area contributed by atoms with Crippen LogP contribution in [0.3, 0.4) is 0 Å². The summed E-state index contributed by atoms with van der Waals surface area (Å²) in [5.41, 5.74) is 1.55. The SMILES string of the molecule is O=C(Cc1ccc(I)cc1)c1ccc(F)cc1I. The second-order valence-corrected chi connectivity index (χ2v) is 6.26. The Morgan fingerprint density at radius 1 is 1.06 bits per heavy atom. The molecule has 0 aliphatic rings. The van der Waals surface area contributed by atoms with E-state index in [-0.39, 0.29) is 11.6 Å². The number of halogens is 3. The van der Waals surface area contributed by atoms with Gasteiger partial charge in [0.15, 0.2) is 5.78 Å². The van der Waals surface area contributed by atoms with Gasteiger partial charge in [-0.05, 0) is 81.1 Å². The molecule has 2 aromatic carbocycles. The van der Waals surface area contributed by atoms with Crippen molar-refractivity contribution in [1.82, 2.24) is 0 Å². The van der Waals surface area contributed by atoms with E-state index in [1.807, 2.05) is 46.9 Å². The summed E-state index contributed by atoms with van der Waals surface area (Å²) in [6.07, 6.45) is 0.346. The number of ketones is 1. The van der Waals surface area contributed by atoms with E-state index in [1.54, 1.807) is 6.07 Å². The second kappa shape index (κ2) is 6.10. The lowest BCUT2D eigenvalue weighted by atomic mass is 10.0. The number of hydrogen-bond acceptors (Lipinski definition) is 1. The normalized spacial score (nSPS) is 10.4. The van der Waals surface area contributed by atoms with E-state index >= 15 is 0 Å². The van der Waals surface area contributed by atoms with Crippen molar-refractivity contribution in [2.45, 2.75) is 6.42 Å². The molecule has 4 heteroatoms. The zero-order valence-corrected chi connectivity index (χ0v) is 13.6. The molecule has 0 unspecified atom stereocenters. The van der Waals surface area contributed by atoms with Crippen LogP contribution in [0.5, 0.6) is 0 Å². The molecule has 18 heavy (non-hydrogen) atoms. The summed E-state index contributed by atoms with van der Waals surface area (Å²) < 4.78 is 14.8. The van der Waals surface area contributed by atoms with Gasteiger partial charge in [-0.1, -0.05) is 12.1 Å². The minimum Gasteiger partial charge on any atom is -0.294 e. The van der Waals surface area contributed by atoms with Crippen LogP contribution in [0.15, 0.2) is 42.5 Å². The first-order valence-corrected chi connectivity index (χ1v) is 7.45. The maximum absolute atomic E-state index is 13.0. The largest absolute Gasteiger partial charge is 0.294 e. The molecule has 0 aliphatic heterocycles. The first-order chi connectivity index (χ1) is 8.56. The van der Waals surface area contributed by atoms with Crippen molar-refractivity contribution in [2.24, 2.45) is 0 Å². The molecule has 2 aromatic rings. The van der Waals surface area contributed by atoms with Crippen LogP contribution in [0.1, 0.15) is 15.9 Å². The quantitative estimate of drug-likeness (QED) is 0.483. The summed E-state index contributed by atoms with van der Waals surface area (Å²) >= 11 is 4.21. The zero-order valence-electron chi connectivity index (χ0n) is 9.29. The van der Waals surface area contributed by atoms with Crippen molar-refractivity contribution < 1.29 is 9.18 Å². The van der Waals surface area contributed by atoms with Gasteiger partial charge in [-0.3, -0.25) is 4.79 Å². The summed E-state index contributed by atoms with van der Waals surface area (Å²) in [6, 6.07) is 12.1. The van der Waals surface area contributed by atoms with Crippen LogP contribution in [0.25, 0.3) is 0 Å². The summed E-state index contributed by atoms with van der Waals surface area (Å²) in [6.45, 7) is 0. The van der Waals surface area contributed by atoms with Gasteiger partial charge in [-0.25, -0.2) is 4.39 Å². The lowest BCUT2D eigenvalue weighted by Gasteiger charge is -2.04. The summed E-state index contributed by atoms with van der Waals surface area (Å²) in [5.74, 6) is -0.300. The minimum absolute atomic E-state index is 0.0145. The Hall–Kier alpha value is -0.500. The number of Topliss-reactive ketones (excluding diaryl/α,β-unsaturated/α-hetero) is 1. The van der Waals surface area contributed by atoms with Gasteiger partial charge in [0.1, 0.15) is 5.82 Å². The van der Waals surface area contributed by atoms with E-state index in [9.17, 15) is 9.18 Å². The number of benzene rings is 2. The van der Waals surface area contributed by atoms with Crippen molar-refractivity contribution in [2.75, 3.05) is 0 Å². The number of hydrogen-bond donors (Lipinski definition) is 0. The van der Waals surface area contributed by atoms with Crippen molar-refractivity contribution in [3.05, 3.63) is 66.5 Å². The van der Waals surface area contributed by atoms with Crippen LogP contribution in [0, 0.1) is 13.0 Å². The maximum Gasteiger partial charge on any atom is 0.168 e. The Bertz CT molecular complexity index is 579. The molecular formula is C14H9FI2O. The van der Waals surface area contributed by atoms with Crippen LogP contribution in [0.2, 0.25) is 0 Å². The highest BCUT2D eigenvalue weighted by atomic mass is 127. The highest BCUT2D eigenvalue weighted by molar-refractivity contribution is 14.1. The standard InChI is InChI=1S/C14H9FI2O/c15-10-3-6-12(13(17)8-10)14(18)7-9-1-4-11(16)5-2-9/h1-6,8H,7H2. The van der Waals surface area contributed by atoms with Crippen LogP contribution in [-0.4, -0.2) is 5.78 Å². The fraction of sp³-hybridized carbons (Fsp3) is 0.0714. The van der Waals surface area contributed by atoms with Gasteiger partial charge >= 0.3 is 0 Å². The Morgan fingerprint density at radius 3 is 2.33 bits per heavy atom. The topological polar surface area (TPSA) is 17.1 Å². The second-order valence-electron chi connectivity index (χ2n) is 3.85. The average Bonchev–Trinajstić information content (AvgIpc) is 2.32. The lowest BCUT2D eigenvalue weighted by molar-refractivity contribution is 0.0992. The lowest BCUT2D eigenvalue weighted by Crippen LogP contribution is -2.06. The fourth-order valence-electron chi connectivity index (χ4n) is 1.60. The molecule has 0 N–H and O–H groups in total. The molecule has 0 atom stereocenters. The Kier molecular flexibility index (Phi) is 4.71. The third-order valence-electron chi connectivity index (χ3n) is 2.51. The number of carbonyl (C=O) groups is 1. The van der Waals surface area contributed by atoms with Crippen molar-refractivity contribution in [3.63, 3.8) is 0 Å². The van der Waals surface area contributed by atoms with Crippen LogP contribution in [0.4, 0.5) is 4.39 Å². The van der Waals surface area contributed by atoms with Gasteiger partial charge < -0.3 is 0 Å². The van der Waals surface area contributed by atoms with Gasteiger partial charge in [-0.15, -0.1) is 0 Å². The molecular weight excluding hydrogens is 457 g/mol. The van der Waals surface area contributed by atoms with Gasteiger partial charge in [0.25, 0.3) is 0 Å². The Morgan fingerprint density at radius 2 is 1.72 bits per heavy atom. The molecule has 0 amide bonds. The molecule has 0 fully saturated rings. The van der Waals surface area contributed by atoms with Gasteiger partial charge in [-0.2, -0.15) is 0 Å². The minimum atomic E-state index is -0.315. The third-order valence-corrected chi connectivity index (χ3v) is 4.12. The molecule has 0 heterocycles. The first kappa shape index (κ1) is 13.9. The van der Waals surface area contributed by atoms with Crippen molar-refractivity contribution in [1.29, 1.82) is 0 Å². The maximum atomic E-state index is 13.0. The molecule has 1 nitrogen and oxygen atoms in total. The van der Waals surface area contributed by atoms with Crippen molar-refractivity contribution in [3.8, 4) is 0 Å². The summed E-state index contributed by atoms with van der Waals surface area (Å²) in [5, 5.41) is 0. The average molecular weight is 466 g/mol. The fourth-order valence-corrected chi connectivity index (χ4v) is 2.74. The Balaban J connectivity index is 2.19. The summed E-state index contributed by atoms with van der Waals surface area (Å²) in [4.78, 5) is 12.1. The van der Waals surface area contributed by atoms with Gasteiger partial charge in [0, 0.05) is 19.1 Å². The molecule has 0 radical (unpaired) electrons. The molecule has 0 saturated heterocycles. The third kappa shape index (κ3) is 3.50. The van der Waals surface area contributed by atoms with E-state index in [1.165, 1.54) is 12.1 Å². The van der Waals surface area contributed by atoms with Gasteiger partial charge in [0.2, 0.25) is 0 Å². The highest BCUT2D eigenvalue weighted by Gasteiger charge is 2.11. The van der Waals surface area contributed by atoms with Crippen LogP contribution < -0.4 is 0 Å². The number of rotatable bonds is 3. The Labute approximate surface area is 132 Å². The number of carbonyl (C=O) groups excluding carboxylic acids is 1. The van der Waals surface area contributed by atoms with E-state index in [0.717, 1.165) is 9.13 Å². The predicted octanol–water partition coefficient (Wildman–Crippen LogP) is 4.46. The van der Waals surface area contributed by atoms with E-state index in [0.29, 0.717) is 15.6 Å². The predicted molar refractivity (Wildman–Crippen MR) is 86.3 cm³/mol. The molecule has 0 bridgehead atoms. The van der Waals surface area contributed by atoms with E-state index < -0.39 is 0 Å². The molecule has 92 valence electrons. The smallest absolute Gasteiger partial charge is 0.168 e. The molecule has 0 saturated carbocycles. The first-order valence-electron chi connectivity index (χ1n) is 5.29. The zero-order chi connectivity index (χ0) is 13.1. The molecule has 0 aliphatic carbocycles. The molecule has 0 spiro atoms. The molecule has 2 rings (SSSR count). The highest BCUT2D eigenvalue weighted by Crippen LogP contribution is 2.17. The monoisotopic (exact) mass is 466 g/mol. The van der Waals surface area contributed by atoms with Crippen LogP contribution >= 0.6 is 45.2 Å². The van der Waals surface area contributed by atoms with Crippen LogP contribution in [-0.2, 0) is 6.42 Å². The van der Waals surface area contributed by atoms with Gasteiger partial charge in [0.05, 0.1) is 0 Å². The van der Waals surface area contributed by atoms with Crippen molar-refractivity contribution >= 4 is 51.0 Å². The van der Waals surface area contributed by atoms with E-state index in [2.05, 4.69) is 22.6 Å². The summed E-state index contributed by atoms with van der Waals surface area (Å²) in [7, 11) is 0. The van der Waals surface area contributed by atoms with E-state index in [4.69, 9.17) is 0 Å².